The standard InChI is InChI=1S/C4H7F3O/c1-8-2-3(5)4(6)7/h3-4H,2H2,1H3. The SMILES string of the molecule is COCC(F)C(F)F. The molecule has 0 aromatic heterocycles. The molecule has 50 valence electrons. The Balaban J connectivity index is 3.17. The second-order valence-electron chi connectivity index (χ2n) is 1.31. The Hall–Kier alpha value is -0.250. The van der Waals surface area contributed by atoms with E-state index in [2.05, 4.69) is 4.74 Å². The lowest BCUT2D eigenvalue weighted by Gasteiger charge is -2.02. The number of halogens is 3. The monoisotopic (exact) mass is 128 g/mol. The molecular formula is C4H7F3O. The number of ether oxygens (including phenoxy) is 1. The first kappa shape index (κ1) is 7.75. The van der Waals surface area contributed by atoms with E-state index >= 15 is 0 Å². The zero-order valence-electron chi connectivity index (χ0n) is 4.40. The minimum absolute atomic E-state index is 0.530. The van der Waals surface area contributed by atoms with Gasteiger partial charge in [0.25, 0.3) is 6.43 Å². The number of methoxy groups -OCH3 is 1. The topological polar surface area (TPSA) is 9.23 Å². The number of hydrogen-bond donors (Lipinski definition) is 0. The third-order valence-corrected chi connectivity index (χ3v) is 0.599. The molecule has 0 aliphatic carbocycles. The van der Waals surface area contributed by atoms with Crippen LogP contribution in [0.1, 0.15) is 0 Å². The minimum Gasteiger partial charge on any atom is -0.381 e. The van der Waals surface area contributed by atoms with Gasteiger partial charge in [-0.05, 0) is 0 Å². The molecule has 0 bridgehead atoms. The fraction of sp³-hybridized carbons (Fsp3) is 1.00. The van der Waals surface area contributed by atoms with Gasteiger partial charge in [0.15, 0.2) is 6.17 Å². The van der Waals surface area contributed by atoms with E-state index in [1.54, 1.807) is 0 Å². The summed E-state index contributed by atoms with van der Waals surface area (Å²) in [7, 11) is 1.18. The fourth-order valence-electron chi connectivity index (χ4n) is 0.232. The van der Waals surface area contributed by atoms with Crippen molar-refractivity contribution in [2.45, 2.75) is 12.6 Å². The molecule has 0 fully saturated rings. The molecule has 0 spiro atoms. The van der Waals surface area contributed by atoms with Crippen LogP contribution in [0, 0.1) is 0 Å². The summed E-state index contributed by atoms with van der Waals surface area (Å²) in [4.78, 5) is 0. The summed E-state index contributed by atoms with van der Waals surface area (Å²) in [5, 5.41) is 0. The zero-order valence-corrected chi connectivity index (χ0v) is 4.40. The molecule has 0 saturated heterocycles. The second kappa shape index (κ2) is 3.72. The van der Waals surface area contributed by atoms with E-state index in [0.717, 1.165) is 0 Å². The Morgan fingerprint density at radius 1 is 1.38 bits per heavy atom. The summed E-state index contributed by atoms with van der Waals surface area (Å²) in [5.41, 5.74) is 0. The van der Waals surface area contributed by atoms with Crippen molar-refractivity contribution in [3.05, 3.63) is 0 Å². The largest absolute Gasteiger partial charge is 0.381 e. The molecule has 0 aromatic carbocycles. The van der Waals surface area contributed by atoms with Crippen molar-refractivity contribution >= 4 is 0 Å². The predicted octanol–water partition coefficient (Wildman–Crippen LogP) is 1.24. The molecule has 0 aromatic rings. The van der Waals surface area contributed by atoms with Gasteiger partial charge in [-0.2, -0.15) is 0 Å². The summed E-state index contributed by atoms with van der Waals surface area (Å²) >= 11 is 0. The maximum Gasteiger partial charge on any atom is 0.271 e. The average Bonchev–Trinajstić information content (AvgIpc) is 1.67. The zero-order chi connectivity index (χ0) is 6.57. The molecule has 8 heavy (non-hydrogen) atoms. The molecule has 0 radical (unpaired) electrons. The van der Waals surface area contributed by atoms with Gasteiger partial charge in [-0.15, -0.1) is 0 Å². The van der Waals surface area contributed by atoms with Gasteiger partial charge in [0.2, 0.25) is 0 Å². The van der Waals surface area contributed by atoms with Gasteiger partial charge in [0.05, 0.1) is 6.61 Å². The molecule has 0 saturated carbocycles. The molecule has 0 aliphatic rings. The maximum absolute atomic E-state index is 11.7. The first-order valence-corrected chi connectivity index (χ1v) is 2.09. The molecule has 4 heteroatoms. The lowest BCUT2D eigenvalue weighted by atomic mass is 10.4. The van der Waals surface area contributed by atoms with E-state index in [1.165, 1.54) is 7.11 Å². The lowest BCUT2D eigenvalue weighted by Crippen LogP contribution is -2.17. The number of rotatable bonds is 3. The van der Waals surface area contributed by atoms with Crippen LogP contribution in [-0.2, 0) is 4.74 Å². The van der Waals surface area contributed by atoms with Crippen LogP contribution in [0.2, 0.25) is 0 Å². The molecule has 0 aliphatic heterocycles. The van der Waals surface area contributed by atoms with Crippen molar-refractivity contribution in [3.8, 4) is 0 Å². The summed E-state index contributed by atoms with van der Waals surface area (Å²) in [6, 6.07) is 0. The smallest absolute Gasteiger partial charge is 0.271 e. The van der Waals surface area contributed by atoms with Crippen molar-refractivity contribution in [3.63, 3.8) is 0 Å². The Bertz CT molecular complexity index is 57.2. The van der Waals surface area contributed by atoms with Gasteiger partial charge < -0.3 is 4.74 Å². The highest BCUT2D eigenvalue weighted by Crippen LogP contribution is 2.04. The molecule has 1 atom stereocenters. The Morgan fingerprint density at radius 2 is 1.88 bits per heavy atom. The summed E-state index contributed by atoms with van der Waals surface area (Å²) in [6.45, 7) is -0.530. The van der Waals surface area contributed by atoms with Crippen LogP contribution in [0.4, 0.5) is 13.2 Å². The minimum atomic E-state index is -2.92. The van der Waals surface area contributed by atoms with Gasteiger partial charge in [-0.3, -0.25) is 0 Å². The van der Waals surface area contributed by atoms with Gasteiger partial charge in [-0.25, -0.2) is 13.2 Å². The van der Waals surface area contributed by atoms with Crippen LogP contribution >= 0.6 is 0 Å². The van der Waals surface area contributed by atoms with Crippen molar-refractivity contribution in [1.82, 2.24) is 0 Å². The van der Waals surface area contributed by atoms with Crippen molar-refractivity contribution in [2.24, 2.45) is 0 Å². The first-order valence-electron chi connectivity index (χ1n) is 2.09. The first-order chi connectivity index (χ1) is 3.68. The van der Waals surface area contributed by atoms with Crippen LogP contribution < -0.4 is 0 Å². The normalized spacial score (nSPS) is 14.6. The third kappa shape index (κ3) is 2.85. The van der Waals surface area contributed by atoms with E-state index in [4.69, 9.17) is 0 Å². The Kier molecular flexibility index (Phi) is 3.60. The van der Waals surface area contributed by atoms with Gasteiger partial charge in [0.1, 0.15) is 0 Å². The predicted molar refractivity (Wildman–Crippen MR) is 22.8 cm³/mol. The molecule has 0 amide bonds. The van der Waals surface area contributed by atoms with Crippen LogP contribution in [0.3, 0.4) is 0 Å². The highest BCUT2D eigenvalue weighted by molar-refractivity contribution is 4.54. The maximum atomic E-state index is 11.7. The van der Waals surface area contributed by atoms with Crippen molar-refractivity contribution in [2.75, 3.05) is 13.7 Å². The summed E-state index contributed by atoms with van der Waals surface area (Å²) in [5.74, 6) is 0. The lowest BCUT2D eigenvalue weighted by molar-refractivity contribution is 0.00352. The highest BCUT2D eigenvalue weighted by atomic mass is 19.3. The van der Waals surface area contributed by atoms with Crippen molar-refractivity contribution in [1.29, 1.82) is 0 Å². The molecular weight excluding hydrogens is 121 g/mol. The van der Waals surface area contributed by atoms with Crippen LogP contribution in [0.25, 0.3) is 0 Å². The van der Waals surface area contributed by atoms with Crippen LogP contribution in [-0.4, -0.2) is 26.3 Å². The fourth-order valence-corrected chi connectivity index (χ4v) is 0.232. The summed E-state index contributed by atoms with van der Waals surface area (Å²) in [6.07, 6.45) is -5.06. The van der Waals surface area contributed by atoms with E-state index in [9.17, 15) is 13.2 Å². The second-order valence-corrected chi connectivity index (χ2v) is 1.31. The molecule has 1 nitrogen and oxygen atoms in total. The van der Waals surface area contributed by atoms with Crippen LogP contribution in [0.15, 0.2) is 0 Å². The van der Waals surface area contributed by atoms with E-state index in [-0.39, 0.29) is 0 Å². The van der Waals surface area contributed by atoms with Crippen LogP contribution in [0.5, 0.6) is 0 Å². The van der Waals surface area contributed by atoms with Gasteiger partial charge in [-0.1, -0.05) is 0 Å². The molecule has 0 rings (SSSR count). The Labute approximate surface area is 45.4 Å². The highest BCUT2D eigenvalue weighted by Gasteiger charge is 2.17. The Morgan fingerprint density at radius 3 is 2.00 bits per heavy atom. The number of hydrogen-bond acceptors (Lipinski definition) is 1. The molecule has 1 unspecified atom stereocenters. The van der Waals surface area contributed by atoms with Gasteiger partial charge in [0, 0.05) is 7.11 Å². The van der Waals surface area contributed by atoms with E-state index in [0.29, 0.717) is 0 Å². The molecule has 0 N–H and O–H groups in total. The van der Waals surface area contributed by atoms with E-state index in [1.807, 2.05) is 0 Å². The quantitative estimate of drug-likeness (QED) is 0.555. The summed E-state index contributed by atoms with van der Waals surface area (Å²) < 4.78 is 38.1. The number of alkyl halides is 3. The van der Waals surface area contributed by atoms with E-state index < -0.39 is 19.2 Å². The third-order valence-electron chi connectivity index (χ3n) is 0.599. The molecule has 0 heterocycles. The average molecular weight is 128 g/mol. The van der Waals surface area contributed by atoms with Gasteiger partial charge >= 0.3 is 0 Å². The van der Waals surface area contributed by atoms with Crippen molar-refractivity contribution < 1.29 is 17.9 Å².